The molecule has 22 heavy (non-hydrogen) atoms. The van der Waals surface area contributed by atoms with E-state index in [-0.39, 0.29) is 30.7 Å². The second-order valence-corrected chi connectivity index (χ2v) is 5.84. The summed E-state index contributed by atoms with van der Waals surface area (Å²) in [6.45, 7) is 4.59. The third kappa shape index (κ3) is 2.09. The molecule has 116 valence electrons. The summed E-state index contributed by atoms with van der Waals surface area (Å²) in [5.74, 6) is -0.369. The molecular weight excluding hydrogens is 284 g/mol. The number of nitrogens with one attached hydrogen (secondary N) is 1. The SMILES string of the molecule is CC(C)c1ccc(N)c2c1CN(N1CCC(=O)NC1=O)C2=O. The zero-order valence-electron chi connectivity index (χ0n) is 12.5. The molecule has 2 aliphatic heterocycles. The minimum Gasteiger partial charge on any atom is -0.398 e. The van der Waals surface area contributed by atoms with Crippen molar-refractivity contribution >= 4 is 23.5 Å². The van der Waals surface area contributed by atoms with Crippen LogP contribution in [0.4, 0.5) is 10.5 Å². The number of anilines is 1. The van der Waals surface area contributed by atoms with Gasteiger partial charge in [-0.15, -0.1) is 0 Å². The Hall–Kier alpha value is -2.57. The van der Waals surface area contributed by atoms with Gasteiger partial charge in [0.15, 0.2) is 0 Å². The smallest absolute Gasteiger partial charge is 0.342 e. The van der Waals surface area contributed by atoms with E-state index in [0.29, 0.717) is 17.8 Å². The van der Waals surface area contributed by atoms with Gasteiger partial charge in [-0.2, -0.15) is 0 Å². The van der Waals surface area contributed by atoms with Crippen molar-refractivity contribution in [1.82, 2.24) is 15.3 Å². The molecule has 3 rings (SSSR count). The van der Waals surface area contributed by atoms with E-state index in [1.165, 1.54) is 10.0 Å². The minimum absolute atomic E-state index is 0.179. The van der Waals surface area contributed by atoms with E-state index in [0.717, 1.165) is 11.1 Å². The highest BCUT2D eigenvalue weighted by Crippen LogP contribution is 2.35. The highest BCUT2D eigenvalue weighted by molar-refractivity contribution is 6.05. The van der Waals surface area contributed by atoms with Gasteiger partial charge >= 0.3 is 6.03 Å². The van der Waals surface area contributed by atoms with Gasteiger partial charge in [-0.1, -0.05) is 19.9 Å². The van der Waals surface area contributed by atoms with E-state index in [2.05, 4.69) is 5.32 Å². The lowest BCUT2D eigenvalue weighted by molar-refractivity contribution is -0.123. The van der Waals surface area contributed by atoms with Gasteiger partial charge in [0.1, 0.15) is 0 Å². The van der Waals surface area contributed by atoms with Crippen LogP contribution in [-0.4, -0.2) is 34.4 Å². The number of fused-ring (bicyclic) bond motifs is 1. The third-order valence-corrected chi connectivity index (χ3v) is 4.08. The number of imide groups is 1. The van der Waals surface area contributed by atoms with E-state index in [9.17, 15) is 14.4 Å². The third-order valence-electron chi connectivity index (χ3n) is 4.08. The lowest BCUT2D eigenvalue weighted by Crippen LogP contribution is -2.56. The highest BCUT2D eigenvalue weighted by atomic mass is 16.2. The van der Waals surface area contributed by atoms with Crippen molar-refractivity contribution in [3.05, 3.63) is 28.8 Å². The number of hydrazine groups is 1. The molecule has 0 unspecified atom stereocenters. The molecule has 7 heteroatoms. The Bertz CT molecular complexity index is 684. The number of carbonyl (C=O) groups is 3. The van der Waals surface area contributed by atoms with Gasteiger partial charge in [0.25, 0.3) is 5.91 Å². The van der Waals surface area contributed by atoms with E-state index in [4.69, 9.17) is 5.73 Å². The number of hydrogen-bond acceptors (Lipinski definition) is 4. The maximum atomic E-state index is 12.7. The van der Waals surface area contributed by atoms with E-state index < -0.39 is 6.03 Å². The second-order valence-electron chi connectivity index (χ2n) is 5.84. The Morgan fingerprint density at radius 2 is 1.91 bits per heavy atom. The number of benzene rings is 1. The molecule has 0 radical (unpaired) electrons. The lowest BCUT2D eigenvalue weighted by atomic mass is 9.94. The van der Waals surface area contributed by atoms with E-state index in [1.54, 1.807) is 6.07 Å². The molecule has 2 heterocycles. The molecular formula is C15H18N4O3. The van der Waals surface area contributed by atoms with Gasteiger partial charge in [0.2, 0.25) is 5.91 Å². The average molecular weight is 302 g/mol. The van der Waals surface area contributed by atoms with Gasteiger partial charge in [-0.25, -0.2) is 14.8 Å². The molecule has 4 amide bonds. The first-order chi connectivity index (χ1) is 10.4. The summed E-state index contributed by atoms with van der Waals surface area (Å²) < 4.78 is 0. The predicted molar refractivity (Wildman–Crippen MR) is 79.7 cm³/mol. The lowest BCUT2D eigenvalue weighted by Gasteiger charge is -2.33. The number of rotatable bonds is 2. The summed E-state index contributed by atoms with van der Waals surface area (Å²) in [6, 6.07) is 3.09. The highest BCUT2D eigenvalue weighted by Gasteiger charge is 2.39. The van der Waals surface area contributed by atoms with Crippen LogP contribution in [-0.2, 0) is 11.3 Å². The maximum Gasteiger partial charge on any atom is 0.342 e. The van der Waals surface area contributed by atoms with Crippen molar-refractivity contribution in [2.45, 2.75) is 32.7 Å². The second kappa shape index (κ2) is 5.01. The summed E-state index contributed by atoms with van der Waals surface area (Å²) in [5, 5.41) is 4.88. The molecule has 0 atom stereocenters. The summed E-state index contributed by atoms with van der Waals surface area (Å²) in [6.07, 6.45) is 0.179. The van der Waals surface area contributed by atoms with Crippen LogP contribution in [0.5, 0.6) is 0 Å². The number of carbonyl (C=O) groups excluding carboxylic acids is 3. The standard InChI is InChI=1S/C15H18N4O3/c1-8(2)9-3-4-11(16)13-10(9)7-19(14(13)21)18-6-5-12(20)17-15(18)22/h3-4,8H,5-7,16H2,1-2H3,(H,17,20,22). The Kier molecular flexibility index (Phi) is 3.27. The van der Waals surface area contributed by atoms with Crippen LogP contribution in [0, 0.1) is 0 Å². The molecule has 0 spiro atoms. The summed E-state index contributed by atoms with van der Waals surface area (Å²) in [4.78, 5) is 35.9. The first kappa shape index (κ1) is 14.4. The summed E-state index contributed by atoms with van der Waals surface area (Å²) in [7, 11) is 0. The number of nitrogens with two attached hydrogens (primary N) is 1. The minimum atomic E-state index is -0.568. The van der Waals surface area contributed by atoms with Crippen LogP contribution < -0.4 is 11.1 Å². The van der Waals surface area contributed by atoms with Gasteiger partial charge in [-0.3, -0.25) is 14.9 Å². The summed E-state index contributed by atoms with van der Waals surface area (Å²) in [5.41, 5.74) is 8.76. The number of hydrogen-bond donors (Lipinski definition) is 2. The zero-order chi connectivity index (χ0) is 16.0. The monoisotopic (exact) mass is 302 g/mol. The molecule has 7 nitrogen and oxygen atoms in total. The fourth-order valence-corrected chi connectivity index (χ4v) is 2.98. The number of amides is 4. The number of nitrogens with zero attached hydrogens (tertiary/aromatic N) is 2. The van der Waals surface area contributed by atoms with Crippen LogP contribution in [0.25, 0.3) is 0 Å². The van der Waals surface area contributed by atoms with E-state index in [1.807, 2.05) is 19.9 Å². The van der Waals surface area contributed by atoms with Crippen LogP contribution in [0.1, 0.15) is 47.7 Å². The Morgan fingerprint density at radius 3 is 2.55 bits per heavy atom. The molecule has 2 aliphatic rings. The van der Waals surface area contributed by atoms with Gasteiger partial charge < -0.3 is 5.73 Å². The molecule has 1 fully saturated rings. The Morgan fingerprint density at radius 1 is 1.18 bits per heavy atom. The topological polar surface area (TPSA) is 95.7 Å². The van der Waals surface area contributed by atoms with Crippen LogP contribution in [0.15, 0.2) is 12.1 Å². The molecule has 3 N–H and O–H groups in total. The summed E-state index contributed by atoms with van der Waals surface area (Å²) >= 11 is 0. The number of urea groups is 1. The molecule has 1 saturated heterocycles. The van der Waals surface area contributed by atoms with Gasteiger partial charge in [-0.05, 0) is 23.1 Å². The first-order valence-electron chi connectivity index (χ1n) is 7.24. The van der Waals surface area contributed by atoms with Gasteiger partial charge in [0.05, 0.1) is 18.7 Å². The largest absolute Gasteiger partial charge is 0.398 e. The van der Waals surface area contributed by atoms with Crippen molar-refractivity contribution < 1.29 is 14.4 Å². The molecule has 0 aliphatic carbocycles. The maximum absolute atomic E-state index is 12.7. The zero-order valence-corrected chi connectivity index (χ0v) is 12.5. The number of nitrogen functional groups attached to an aromatic ring is 1. The molecule has 0 saturated carbocycles. The average Bonchev–Trinajstić information content (AvgIpc) is 2.77. The van der Waals surface area contributed by atoms with Crippen LogP contribution >= 0.6 is 0 Å². The fourth-order valence-electron chi connectivity index (χ4n) is 2.98. The van der Waals surface area contributed by atoms with Crippen molar-refractivity contribution in [2.75, 3.05) is 12.3 Å². The predicted octanol–water partition coefficient (Wildman–Crippen LogP) is 1.20. The normalized spacial score (nSPS) is 18.0. The van der Waals surface area contributed by atoms with Crippen LogP contribution in [0.2, 0.25) is 0 Å². The fraction of sp³-hybridized carbons (Fsp3) is 0.400. The Balaban J connectivity index is 1.97. The van der Waals surface area contributed by atoms with Gasteiger partial charge in [0, 0.05) is 12.1 Å². The molecule has 1 aromatic carbocycles. The van der Waals surface area contributed by atoms with Crippen molar-refractivity contribution in [2.24, 2.45) is 0 Å². The molecule has 0 bridgehead atoms. The van der Waals surface area contributed by atoms with Crippen LogP contribution in [0.3, 0.4) is 0 Å². The first-order valence-corrected chi connectivity index (χ1v) is 7.24. The van der Waals surface area contributed by atoms with Crippen molar-refractivity contribution in [1.29, 1.82) is 0 Å². The molecule has 0 aromatic heterocycles. The van der Waals surface area contributed by atoms with Crippen molar-refractivity contribution in [3.63, 3.8) is 0 Å². The van der Waals surface area contributed by atoms with Crippen molar-refractivity contribution in [3.8, 4) is 0 Å². The van der Waals surface area contributed by atoms with E-state index >= 15 is 0 Å². The Labute approximate surface area is 128 Å². The molecule has 1 aromatic rings. The quantitative estimate of drug-likeness (QED) is 0.802.